The van der Waals surface area contributed by atoms with Crippen LogP contribution < -0.4 is 0 Å². The largest absolute Gasteiger partial charge is 0.394 e. The van der Waals surface area contributed by atoms with Crippen molar-refractivity contribution in [2.75, 3.05) is 46.2 Å². The van der Waals surface area contributed by atoms with Gasteiger partial charge in [0.05, 0.1) is 76.8 Å². The summed E-state index contributed by atoms with van der Waals surface area (Å²) < 4.78 is 27.7. The molecule has 3 aliphatic heterocycles. The summed E-state index contributed by atoms with van der Waals surface area (Å²) in [6.07, 6.45) is -15.3. The molecule has 224 valence electrons. The van der Waals surface area contributed by atoms with E-state index >= 15 is 0 Å². The van der Waals surface area contributed by atoms with Crippen LogP contribution in [0.4, 0.5) is 0 Å². The maximum Gasteiger partial charge on any atom is 0.111 e. The first-order valence-electron chi connectivity index (χ1n) is 12.8. The fourth-order valence-electron chi connectivity index (χ4n) is 5.17. The Balaban J connectivity index is 1.50. The molecule has 15 heteroatoms. The molecule has 15 unspecified atom stereocenters. The summed E-state index contributed by atoms with van der Waals surface area (Å²) in [4.78, 5) is 0. The van der Waals surface area contributed by atoms with Crippen LogP contribution in [0.1, 0.15) is 6.92 Å². The normalized spacial score (nSPS) is 48.2. The Kier molecular flexibility index (Phi) is 12.0. The van der Waals surface area contributed by atoms with Gasteiger partial charge in [-0.3, -0.25) is 0 Å². The van der Waals surface area contributed by atoms with E-state index in [2.05, 4.69) is 0 Å². The van der Waals surface area contributed by atoms with Crippen molar-refractivity contribution < 1.29 is 74.7 Å². The summed E-state index contributed by atoms with van der Waals surface area (Å²) in [5, 5.41) is 100. The first-order valence-corrected chi connectivity index (χ1v) is 12.8. The lowest BCUT2D eigenvalue weighted by atomic mass is 9.87. The molecular formula is C23H42O15. The average molecular weight is 559 g/mol. The van der Waals surface area contributed by atoms with Crippen LogP contribution in [0, 0.1) is 11.8 Å². The van der Waals surface area contributed by atoms with E-state index in [0.29, 0.717) is 0 Å². The summed E-state index contributed by atoms with van der Waals surface area (Å²) >= 11 is 0. The van der Waals surface area contributed by atoms with Crippen molar-refractivity contribution in [3.63, 3.8) is 0 Å². The molecule has 0 amide bonds. The number of hydrogen-bond donors (Lipinski definition) is 10. The molecule has 0 aromatic carbocycles. The van der Waals surface area contributed by atoms with Crippen LogP contribution in [0.2, 0.25) is 0 Å². The molecule has 0 aliphatic carbocycles. The van der Waals surface area contributed by atoms with Gasteiger partial charge in [-0.05, 0) is 6.92 Å². The lowest BCUT2D eigenvalue weighted by Crippen LogP contribution is -2.59. The minimum atomic E-state index is -1.44. The number of ether oxygens (including phenoxy) is 5. The molecule has 38 heavy (non-hydrogen) atoms. The van der Waals surface area contributed by atoms with Gasteiger partial charge in [0.1, 0.15) is 48.8 Å². The van der Waals surface area contributed by atoms with Crippen molar-refractivity contribution in [1.82, 2.24) is 0 Å². The quantitative estimate of drug-likeness (QED) is 0.113. The van der Waals surface area contributed by atoms with Crippen molar-refractivity contribution in [2.24, 2.45) is 11.8 Å². The van der Waals surface area contributed by atoms with Gasteiger partial charge >= 0.3 is 0 Å². The van der Waals surface area contributed by atoms with Crippen LogP contribution in [0.15, 0.2) is 0 Å². The van der Waals surface area contributed by atoms with Crippen molar-refractivity contribution in [1.29, 1.82) is 0 Å². The zero-order valence-electron chi connectivity index (χ0n) is 21.1. The summed E-state index contributed by atoms with van der Waals surface area (Å²) in [5.41, 5.74) is 0. The van der Waals surface area contributed by atoms with Crippen LogP contribution in [0.5, 0.6) is 0 Å². The SMILES string of the molecule is CC1OC(COCC2C(CO)OC(COCC3C(CO)OC(CO)C(O)C3O)C(O)C2O)C(O)C(O)C1O. The maximum atomic E-state index is 10.7. The Morgan fingerprint density at radius 2 is 0.842 bits per heavy atom. The fraction of sp³-hybridized carbons (Fsp3) is 1.00. The van der Waals surface area contributed by atoms with E-state index < -0.39 is 111 Å². The smallest absolute Gasteiger partial charge is 0.111 e. The third-order valence-corrected chi connectivity index (χ3v) is 7.67. The van der Waals surface area contributed by atoms with Gasteiger partial charge in [-0.15, -0.1) is 0 Å². The molecule has 0 radical (unpaired) electrons. The monoisotopic (exact) mass is 558 g/mol. The summed E-state index contributed by atoms with van der Waals surface area (Å²) in [7, 11) is 0. The molecule has 3 saturated heterocycles. The minimum absolute atomic E-state index is 0.190. The first kappa shape index (κ1) is 31.9. The van der Waals surface area contributed by atoms with Crippen molar-refractivity contribution >= 4 is 0 Å². The third-order valence-electron chi connectivity index (χ3n) is 7.67. The van der Waals surface area contributed by atoms with E-state index in [4.69, 9.17) is 23.7 Å². The molecule has 10 N–H and O–H groups in total. The van der Waals surface area contributed by atoms with Crippen molar-refractivity contribution in [3.8, 4) is 0 Å². The van der Waals surface area contributed by atoms with Crippen LogP contribution in [0.3, 0.4) is 0 Å². The number of aliphatic hydroxyl groups is 10. The molecule has 0 bridgehead atoms. The summed E-state index contributed by atoms with van der Waals surface area (Å²) in [5.74, 6) is -1.71. The molecule has 0 saturated carbocycles. The van der Waals surface area contributed by atoms with Gasteiger partial charge in [0, 0.05) is 11.8 Å². The zero-order valence-corrected chi connectivity index (χ0v) is 21.1. The second-order valence-corrected chi connectivity index (χ2v) is 10.2. The highest BCUT2D eigenvalue weighted by Crippen LogP contribution is 2.30. The van der Waals surface area contributed by atoms with Gasteiger partial charge in [-0.1, -0.05) is 0 Å². The van der Waals surface area contributed by atoms with Crippen molar-refractivity contribution in [3.05, 3.63) is 0 Å². The summed E-state index contributed by atoms with van der Waals surface area (Å²) in [6, 6.07) is 0. The standard InChI is InChI=1S/C23H42O15/c1-9-17(27)23(33)22(32)15(36-9)7-34-6-11-13(3-25)38-16(21(31)19(11)29)8-35-5-10-12(2-24)37-14(4-26)20(30)18(10)28/h9-33H,2-8H2,1H3. The molecule has 3 rings (SSSR count). The Labute approximate surface area is 219 Å². The molecule has 3 heterocycles. The minimum Gasteiger partial charge on any atom is -0.394 e. The number of rotatable bonds is 11. The second kappa shape index (κ2) is 14.3. The first-order chi connectivity index (χ1) is 18.0. The Bertz CT molecular complexity index is 698. The molecule has 0 aromatic heterocycles. The van der Waals surface area contributed by atoms with E-state index in [1.54, 1.807) is 0 Å². The van der Waals surface area contributed by atoms with Crippen LogP contribution in [-0.4, -0.2) is 177 Å². The van der Waals surface area contributed by atoms with Crippen LogP contribution in [0.25, 0.3) is 0 Å². The molecule has 3 fully saturated rings. The highest BCUT2D eigenvalue weighted by Gasteiger charge is 2.47. The molecular weight excluding hydrogens is 516 g/mol. The Hall–Kier alpha value is -0.600. The molecule has 3 aliphatic rings. The average Bonchev–Trinajstić information content (AvgIpc) is 2.91. The zero-order chi connectivity index (χ0) is 28.1. The molecule has 15 atom stereocenters. The predicted molar refractivity (Wildman–Crippen MR) is 124 cm³/mol. The fourth-order valence-corrected chi connectivity index (χ4v) is 5.17. The van der Waals surface area contributed by atoms with Gasteiger partial charge in [0.25, 0.3) is 0 Å². The Morgan fingerprint density at radius 1 is 0.447 bits per heavy atom. The number of aliphatic hydroxyl groups excluding tert-OH is 10. The van der Waals surface area contributed by atoms with Gasteiger partial charge < -0.3 is 74.7 Å². The van der Waals surface area contributed by atoms with E-state index in [-0.39, 0.29) is 26.4 Å². The molecule has 0 aromatic rings. The van der Waals surface area contributed by atoms with Gasteiger partial charge in [0.2, 0.25) is 0 Å². The van der Waals surface area contributed by atoms with Crippen molar-refractivity contribution in [2.45, 2.75) is 86.3 Å². The maximum absolute atomic E-state index is 10.7. The van der Waals surface area contributed by atoms with Gasteiger partial charge in [-0.2, -0.15) is 0 Å². The van der Waals surface area contributed by atoms with Crippen LogP contribution >= 0.6 is 0 Å². The number of hydrogen-bond acceptors (Lipinski definition) is 15. The predicted octanol–water partition coefficient (Wildman–Crippen LogP) is -5.92. The second-order valence-electron chi connectivity index (χ2n) is 10.2. The Morgan fingerprint density at radius 3 is 1.32 bits per heavy atom. The van der Waals surface area contributed by atoms with Crippen LogP contribution in [-0.2, 0) is 23.7 Å². The lowest BCUT2D eigenvalue weighted by molar-refractivity contribution is -0.248. The summed E-state index contributed by atoms with van der Waals surface area (Å²) in [6.45, 7) is -0.877. The third kappa shape index (κ3) is 6.99. The van der Waals surface area contributed by atoms with Gasteiger partial charge in [0.15, 0.2) is 0 Å². The van der Waals surface area contributed by atoms with Gasteiger partial charge in [-0.25, -0.2) is 0 Å². The van der Waals surface area contributed by atoms with E-state index in [0.717, 1.165) is 0 Å². The van der Waals surface area contributed by atoms with E-state index in [1.165, 1.54) is 6.92 Å². The van der Waals surface area contributed by atoms with E-state index in [9.17, 15) is 51.1 Å². The highest BCUT2D eigenvalue weighted by molar-refractivity contribution is 4.94. The highest BCUT2D eigenvalue weighted by atomic mass is 16.6. The lowest BCUT2D eigenvalue weighted by Gasteiger charge is -2.44. The topological polar surface area (TPSA) is 248 Å². The van der Waals surface area contributed by atoms with E-state index in [1.807, 2.05) is 0 Å². The molecule has 0 spiro atoms. The molecule has 15 nitrogen and oxygen atoms in total.